The van der Waals surface area contributed by atoms with Crippen molar-refractivity contribution in [3.05, 3.63) is 0 Å². The molecule has 0 saturated heterocycles. The van der Waals surface area contributed by atoms with Crippen LogP contribution in [0.15, 0.2) is 0 Å². The predicted octanol–water partition coefficient (Wildman–Crippen LogP) is 0.370. The van der Waals surface area contributed by atoms with Gasteiger partial charge >= 0.3 is 5.97 Å². The van der Waals surface area contributed by atoms with Gasteiger partial charge in [0.25, 0.3) is 10.2 Å². The van der Waals surface area contributed by atoms with E-state index in [0.717, 1.165) is 12.8 Å². The summed E-state index contributed by atoms with van der Waals surface area (Å²) in [6.07, 6.45) is 2.53. The molecule has 0 heterocycles. The minimum Gasteiger partial charge on any atom is -0.481 e. The second kappa shape index (κ2) is 5.79. The van der Waals surface area contributed by atoms with Crippen LogP contribution in [-0.2, 0) is 15.0 Å². The van der Waals surface area contributed by atoms with Crippen molar-refractivity contribution in [2.75, 3.05) is 27.2 Å². The average molecular weight is 264 g/mol. The minimum atomic E-state index is -3.42. The van der Waals surface area contributed by atoms with Crippen LogP contribution in [0.1, 0.15) is 25.7 Å². The van der Waals surface area contributed by atoms with Crippen molar-refractivity contribution in [3.63, 3.8) is 0 Å². The normalized spacial score (nSPS) is 16.7. The van der Waals surface area contributed by atoms with E-state index in [2.05, 4.69) is 0 Å². The second-order valence-corrected chi connectivity index (χ2v) is 6.69. The van der Waals surface area contributed by atoms with Gasteiger partial charge in [-0.3, -0.25) is 4.79 Å². The average Bonchev–Trinajstić information content (AvgIpc) is 3.00. The predicted molar refractivity (Wildman–Crippen MR) is 63.8 cm³/mol. The highest BCUT2D eigenvalue weighted by molar-refractivity contribution is 7.86. The molecule has 0 radical (unpaired) electrons. The number of rotatable bonds is 8. The molecule has 6 nitrogen and oxygen atoms in total. The first-order chi connectivity index (χ1) is 7.84. The van der Waals surface area contributed by atoms with E-state index in [-0.39, 0.29) is 13.0 Å². The number of carbonyl (C=O) groups is 1. The van der Waals surface area contributed by atoms with Gasteiger partial charge in [-0.25, -0.2) is 0 Å². The van der Waals surface area contributed by atoms with Crippen LogP contribution < -0.4 is 0 Å². The van der Waals surface area contributed by atoms with Crippen LogP contribution in [0.3, 0.4) is 0 Å². The van der Waals surface area contributed by atoms with Gasteiger partial charge < -0.3 is 5.11 Å². The topological polar surface area (TPSA) is 77.9 Å². The number of hydrogen-bond acceptors (Lipinski definition) is 3. The minimum absolute atomic E-state index is 0.00774. The van der Waals surface area contributed by atoms with Crippen LogP contribution in [0.4, 0.5) is 0 Å². The summed E-state index contributed by atoms with van der Waals surface area (Å²) in [5.74, 6) is -0.399. The molecule has 0 unspecified atom stereocenters. The fourth-order valence-corrected chi connectivity index (χ4v) is 2.80. The van der Waals surface area contributed by atoms with E-state index in [1.807, 2.05) is 0 Å². The molecule has 0 spiro atoms. The molecule has 1 aliphatic carbocycles. The van der Waals surface area contributed by atoms with Crippen LogP contribution in [-0.4, -0.2) is 55.3 Å². The molecule has 0 amide bonds. The first-order valence-corrected chi connectivity index (χ1v) is 7.13. The largest absolute Gasteiger partial charge is 0.481 e. The summed E-state index contributed by atoms with van der Waals surface area (Å²) < 4.78 is 26.5. The molecule has 17 heavy (non-hydrogen) atoms. The molecule has 0 atom stereocenters. The van der Waals surface area contributed by atoms with Gasteiger partial charge in [0.2, 0.25) is 0 Å². The fourth-order valence-electron chi connectivity index (χ4n) is 1.56. The molecular formula is C10H20N2O4S. The second-order valence-electron chi connectivity index (χ2n) is 4.55. The molecule has 0 bridgehead atoms. The summed E-state index contributed by atoms with van der Waals surface area (Å²) in [7, 11) is -0.361. The van der Waals surface area contributed by atoms with Crippen molar-refractivity contribution in [3.8, 4) is 0 Å². The van der Waals surface area contributed by atoms with Crippen molar-refractivity contribution >= 4 is 16.2 Å². The summed E-state index contributed by atoms with van der Waals surface area (Å²) >= 11 is 0. The van der Waals surface area contributed by atoms with Crippen LogP contribution in [0, 0.1) is 5.92 Å². The highest BCUT2D eigenvalue weighted by Gasteiger charge is 2.30. The summed E-state index contributed by atoms with van der Waals surface area (Å²) in [5, 5.41) is 8.49. The zero-order chi connectivity index (χ0) is 13.1. The van der Waals surface area contributed by atoms with E-state index in [0.29, 0.717) is 18.9 Å². The molecule has 1 N–H and O–H groups in total. The van der Waals surface area contributed by atoms with Crippen molar-refractivity contribution < 1.29 is 18.3 Å². The maximum absolute atomic E-state index is 12.0. The Morgan fingerprint density at radius 1 is 1.29 bits per heavy atom. The van der Waals surface area contributed by atoms with Crippen LogP contribution in [0.2, 0.25) is 0 Å². The van der Waals surface area contributed by atoms with E-state index in [1.165, 1.54) is 15.7 Å². The summed E-state index contributed by atoms with van der Waals surface area (Å²) in [5.41, 5.74) is 0. The Morgan fingerprint density at radius 2 is 1.88 bits per heavy atom. The molecule has 1 aliphatic rings. The number of aliphatic carboxylic acids is 1. The molecule has 100 valence electrons. The van der Waals surface area contributed by atoms with E-state index in [1.54, 1.807) is 7.05 Å². The molecule has 0 aromatic carbocycles. The van der Waals surface area contributed by atoms with E-state index in [4.69, 9.17) is 5.11 Å². The highest BCUT2D eigenvalue weighted by atomic mass is 32.2. The van der Waals surface area contributed by atoms with Gasteiger partial charge in [0.15, 0.2) is 0 Å². The van der Waals surface area contributed by atoms with E-state index < -0.39 is 16.2 Å². The highest BCUT2D eigenvalue weighted by Crippen LogP contribution is 2.30. The van der Waals surface area contributed by atoms with Gasteiger partial charge in [-0.15, -0.1) is 0 Å². The number of carboxylic acids is 1. The molecule has 0 aromatic heterocycles. The Labute approximate surface area is 102 Å². The third-order valence-corrected chi connectivity index (χ3v) is 4.77. The van der Waals surface area contributed by atoms with Gasteiger partial charge in [0, 0.05) is 33.6 Å². The number of carboxylic acid groups (broad SMARTS) is 1. The molecule has 0 aromatic rings. The molecule has 0 aliphatic heterocycles. The molecule has 1 fully saturated rings. The van der Waals surface area contributed by atoms with E-state index in [9.17, 15) is 13.2 Å². The molecule has 7 heteroatoms. The quantitative estimate of drug-likeness (QED) is 0.687. The SMILES string of the molecule is CN(CCCC(=O)O)S(=O)(=O)N(C)CC1CC1. The van der Waals surface area contributed by atoms with Crippen molar-refractivity contribution in [1.29, 1.82) is 0 Å². The Morgan fingerprint density at radius 3 is 2.35 bits per heavy atom. The van der Waals surface area contributed by atoms with Crippen molar-refractivity contribution in [2.24, 2.45) is 5.92 Å². The molecule has 1 rings (SSSR count). The lowest BCUT2D eigenvalue weighted by Gasteiger charge is -2.24. The fraction of sp³-hybridized carbons (Fsp3) is 0.900. The Balaban J connectivity index is 2.41. The zero-order valence-electron chi connectivity index (χ0n) is 10.3. The van der Waals surface area contributed by atoms with Gasteiger partial charge in [-0.2, -0.15) is 17.0 Å². The third kappa shape index (κ3) is 4.61. The lowest BCUT2D eigenvalue weighted by Crippen LogP contribution is -2.41. The standard InChI is InChI=1S/C10H20N2O4S/c1-11(7-3-4-10(13)14)17(15,16)12(2)8-9-5-6-9/h9H,3-8H2,1-2H3,(H,13,14). The third-order valence-electron chi connectivity index (χ3n) is 2.86. The van der Waals surface area contributed by atoms with Crippen LogP contribution in [0.5, 0.6) is 0 Å². The maximum Gasteiger partial charge on any atom is 0.303 e. The van der Waals surface area contributed by atoms with Gasteiger partial charge in [-0.05, 0) is 25.2 Å². The Bertz CT molecular complexity index is 365. The first kappa shape index (κ1) is 14.4. The van der Waals surface area contributed by atoms with E-state index >= 15 is 0 Å². The summed E-state index contributed by atoms with van der Waals surface area (Å²) in [6, 6.07) is 0. The summed E-state index contributed by atoms with van der Waals surface area (Å²) in [4.78, 5) is 10.3. The van der Waals surface area contributed by atoms with Gasteiger partial charge in [0.1, 0.15) is 0 Å². The number of nitrogens with zero attached hydrogens (tertiary/aromatic N) is 2. The van der Waals surface area contributed by atoms with Crippen LogP contribution >= 0.6 is 0 Å². The van der Waals surface area contributed by atoms with Crippen LogP contribution in [0.25, 0.3) is 0 Å². The van der Waals surface area contributed by atoms with Crippen molar-refractivity contribution in [1.82, 2.24) is 8.61 Å². The monoisotopic (exact) mass is 264 g/mol. The lowest BCUT2D eigenvalue weighted by atomic mass is 10.3. The Kier molecular flexibility index (Phi) is 4.91. The Hall–Kier alpha value is -0.660. The molecular weight excluding hydrogens is 244 g/mol. The molecule has 1 saturated carbocycles. The van der Waals surface area contributed by atoms with Gasteiger partial charge in [0.05, 0.1) is 0 Å². The maximum atomic E-state index is 12.0. The summed E-state index contributed by atoms with van der Waals surface area (Å²) in [6.45, 7) is 0.801. The van der Waals surface area contributed by atoms with Crippen molar-refractivity contribution in [2.45, 2.75) is 25.7 Å². The lowest BCUT2D eigenvalue weighted by molar-refractivity contribution is -0.137. The number of hydrogen-bond donors (Lipinski definition) is 1. The zero-order valence-corrected chi connectivity index (χ0v) is 11.1. The van der Waals surface area contributed by atoms with Gasteiger partial charge in [-0.1, -0.05) is 0 Å². The first-order valence-electron chi connectivity index (χ1n) is 5.73. The smallest absolute Gasteiger partial charge is 0.303 e.